The first-order valence-corrected chi connectivity index (χ1v) is 5.54. The summed E-state index contributed by atoms with van der Waals surface area (Å²) >= 11 is 0. The molecule has 2 aliphatic rings. The van der Waals surface area contributed by atoms with Crippen LogP contribution in [0.4, 0.5) is 0 Å². The van der Waals surface area contributed by atoms with Gasteiger partial charge in [-0.05, 0) is 24.3 Å². The van der Waals surface area contributed by atoms with Crippen LogP contribution in [0.25, 0.3) is 21.8 Å². The van der Waals surface area contributed by atoms with Crippen molar-refractivity contribution in [3.05, 3.63) is 67.5 Å². The van der Waals surface area contributed by atoms with E-state index in [4.69, 9.17) is 0 Å². The van der Waals surface area contributed by atoms with E-state index in [1.165, 1.54) is 0 Å². The first-order chi connectivity index (χ1) is 8.75. The van der Waals surface area contributed by atoms with Gasteiger partial charge in [0.2, 0.25) is 0 Å². The maximum Gasteiger partial charge on any atom is 0.278 e. The predicted molar refractivity (Wildman–Crippen MR) is 67.3 cm³/mol. The van der Waals surface area contributed by atoms with E-state index in [1.807, 2.05) is 0 Å². The summed E-state index contributed by atoms with van der Waals surface area (Å²) in [6, 6.07) is 10.4. The molecule has 0 saturated heterocycles. The molecule has 18 heavy (non-hydrogen) atoms. The Morgan fingerprint density at radius 3 is 1.56 bits per heavy atom. The van der Waals surface area contributed by atoms with Crippen molar-refractivity contribution in [1.29, 1.82) is 0 Å². The number of benzene rings is 2. The van der Waals surface area contributed by atoms with Gasteiger partial charge >= 0.3 is 0 Å². The first kappa shape index (κ1) is 9.41. The maximum absolute atomic E-state index is 11.9. The molecule has 0 spiro atoms. The Hall–Kier alpha value is -2.62. The number of hydrogen-bond acceptors (Lipinski definition) is 4. The predicted octanol–water partition coefficient (Wildman–Crippen LogP) is 1.10. The molecule has 0 aromatic heterocycles. The van der Waals surface area contributed by atoms with Crippen LogP contribution in [0, 0.1) is 10.4 Å². The lowest BCUT2D eigenvalue weighted by molar-refractivity contribution is 1.25. The summed E-state index contributed by atoms with van der Waals surface area (Å²) in [5.74, 6) is 0. The van der Waals surface area contributed by atoms with Gasteiger partial charge in [-0.25, -0.2) is 9.97 Å². The first-order valence-electron chi connectivity index (χ1n) is 5.54. The van der Waals surface area contributed by atoms with Crippen molar-refractivity contribution in [2.24, 2.45) is 0 Å². The topological polar surface area (TPSA) is 59.9 Å². The molecular formula is C14H6N2O2. The van der Waals surface area contributed by atoms with E-state index in [0.29, 0.717) is 21.8 Å². The molecule has 0 N–H and O–H groups in total. The van der Waals surface area contributed by atoms with Gasteiger partial charge in [0.1, 0.15) is 0 Å². The zero-order valence-electron chi connectivity index (χ0n) is 9.18. The summed E-state index contributed by atoms with van der Waals surface area (Å²) in [6.45, 7) is 0. The van der Waals surface area contributed by atoms with Gasteiger partial charge in [-0.1, -0.05) is 12.1 Å². The van der Waals surface area contributed by atoms with E-state index < -0.39 is 0 Å². The normalized spacial score (nSPS) is 11.8. The van der Waals surface area contributed by atoms with E-state index in [2.05, 4.69) is 9.97 Å². The lowest BCUT2D eigenvalue weighted by atomic mass is 10.1. The monoisotopic (exact) mass is 234 g/mol. The third-order valence-corrected chi connectivity index (χ3v) is 3.24. The van der Waals surface area contributed by atoms with E-state index in [9.17, 15) is 9.59 Å². The molecule has 0 amide bonds. The third-order valence-electron chi connectivity index (χ3n) is 3.24. The van der Waals surface area contributed by atoms with Gasteiger partial charge in [0.15, 0.2) is 0 Å². The Bertz CT molecular complexity index is 972. The number of nitrogens with zero attached hydrogens (tertiary/aromatic N) is 2. The SMILES string of the molecule is O=c1nc2cccc3c(=O)nc4cccc1c4=c23. The minimum Gasteiger partial charge on any atom is -0.267 e. The zero-order chi connectivity index (χ0) is 12.3. The van der Waals surface area contributed by atoms with Gasteiger partial charge < -0.3 is 0 Å². The smallest absolute Gasteiger partial charge is 0.267 e. The summed E-state index contributed by atoms with van der Waals surface area (Å²) < 4.78 is 0. The second kappa shape index (κ2) is 2.98. The molecule has 4 heteroatoms. The molecule has 2 aromatic rings. The van der Waals surface area contributed by atoms with Crippen LogP contribution in [0.5, 0.6) is 0 Å². The fourth-order valence-electron chi connectivity index (χ4n) is 2.49. The Morgan fingerprint density at radius 1 is 0.667 bits per heavy atom. The highest BCUT2D eigenvalue weighted by atomic mass is 16.1. The summed E-state index contributed by atoms with van der Waals surface area (Å²) in [5, 5.41) is 2.51. The molecular weight excluding hydrogens is 228 g/mol. The zero-order valence-corrected chi connectivity index (χ0v) is 9.18. The molecule has 0 bridgehead atoms. The maximum atomic E-state index is 11.9. The van der Waals surface area contributed by atoms with Crippen LogP contribution in [-0.2, 0) is 0 Å². The standard InChI is InChI=1S/C14H6N2O2/c17-13-7-3-1-5-9-11(7)12-8(14(18)15-9)4-2-6-10(12)16-13/h1-6H. The van der Waals surface area contributed by atoms with Crippen LogP contribution < -0.4 is 11.1 Å². The van der Waals surface area contributed by atoms with E-state index >= 15 is 0 Å². The summed E-state index contributed by atoms with van der Waals surface area (Å²) in [4.78, 5) is 31.9. The van der Waals surface area contributed by atoms with Crippen LogP contribution in [0.15, 0.2) is 46.0 Å². The molecule has 0 unspecified atom stereocenters. The largest absolute Gasteiger partial charge is 0.278 e. The molecule has 0 radical (unpaired) electrons. The lowest BCUT2D eigenvalue weighted by Gasteiger charge is -2.03. The molecule has 2 aliphatic heterocycles. The van der Waals surface area contributed by atoms with Crippen LogP contribution in [0.2, 0.25) is 0 Å². The van der Waals surface area contributed by atoms with Crippen molar-refractivity contribution in [3.8, 4) is 0 Å². The van der Waals surface area contributed by atoms with Gasteiger partial charge in [-0.2, -0.15) is 0 Å². The Balaban J connectivity index is 2.69. The second-order valence-electron chi connectivity index (χ2n) is 4.23. The van der Waals surface area contributed by atoms with Gasteiger partial charge in [0.25, 0.3) is 11.1 Å². The molecule has 84 valence electrons. The van der Waals surface area contributed by atoms with Crippen LogP contribution in [0.3, 0.4) is 0 Å². The summed E-state index contributed by atoms with van der Waals surface area (Å²) in [5.41, 5.74) is 0.559. The molecule has 2 heterocycles. The Kier molecular flexibility index (Phi) is 1.56. The fraction of sp³-hybridized carbons (Fsp3) is 0. The van der Waals surface area contributed by atoms with Crippen LogP contribution >= 0.6 is 0 Å². The molecule has 0 saturated carbocycles. The second-order valence-corrected chi connectivity index (χ2v) is 4.23. The van der Waals surface area contributed by atoms with Gasteiger partial charge in [-0.3, -0.25) is 9.59 Å². The van der Waals surface area contributed by atoms with Crippen LogP contribution in [-0.4, -0.2) is 9.97 Å². The Morgan fingerprint density at radius 2 is 1.11 bits per heavy atom. The minimum absolute atomic E-state index is 0.277. The van der Waals surface area contributed by atoms with Gasteiger partial charge in [-0.15, -0.1) is 0 Å². The van der Waals surface area contributed by atoms with Crippen molar-refractivity contribution in [1.82, 2.24) is 9.97 Å². The van der Waals surface area contributed by atoms with Crippen molar-refractivity contribution in [2.75, 3.05) is 0 Å². The average molecular weight is 234 g/mol. The van der Waals surface area contributed by atoms with Crippen molar-refractivity contribution in [2.45, 2.75) is 0 Å². The van der Waals surface area contributed by atoms with E-state index in [1.54, 1.807) is 36.4 Å². The number of rotatable bonds is 0. The van der Waals surface area contributed by atoms with Gasteiger partial charge in [0, 0.05) is 10.4 Å². The van der Waals surface area contributed by atoms with Gasteiger partial charge in [0.05, 0.1) is 21.8 Å². The van der Waals surface area contributed by atoms with Crippen molar-refractivity contribution >= 4 is 21.8 Å². The highest BCUT2D eigenvalue weighted by Gasteiger charge is 2.11. The summed E-state index contributed by atoms with van der Waals surface area (Å²) in [7, 11) is 0. The summed E-state index contributed by atoms with van der Waals surface area (Å²) in [6.07, 6.45) is 0. The molecule has 4 rings (SSSR count). The van der Waals surface area contributed by atoms with Crippen LogP contribution in [0.1, 0.15) is 0 Å². The molecule has 0 fully saturated rings. The van der Waals surface area contributed by atoms with Crippen molar-refractivity contribution in [3.63, 3.8) is 0 Å². The molecule has 0 atom stereocenters. The van der Waals surface area contributed by atoms with E-state index in [0.717, 1.165) is 10.4 Å². The highest BCUT2D eigenvalue weighted by Crippen LogP contribution is 2.16. The number of aromatic nitrogens is 2. The van der Waals surface area contributed by atoms with E-state index in [-0.39, 0.29) is 11.1 Å². The molecule has 0 aliphatic carbocycles. The number of hydrogen-bond donors (Lipinski definition) is 0. The quantitative estimate of drug-likeness (QED) is 0.457. The Labute approximate surface area is 99.9 Å². The molecule has 4 nitrogen and oxygen atoms in total. The van der Waals surface area contributed by atoms with Crippen molar-refractivity contribution < 1.29 is 0 Å². The minimum atomic E-state index is -0.277. The highest BCUT2D eigenvalue weighted by molar-refractivity contribution is 5.77. The third kappa shape index (κ3) is 0.996. The molecule has 2 aromatic carbocycles. The average Bonchev–Trinajstić information content (AvgIpc) is 2.38. The fourth-order valence-corrected chi connectivity index (χ4v) is 2.49. The lowest BCUT2D eigenvalue weighted by Crippen LogP contribution is -2.13.